The maximum atomic E-state index is 12.9. The van der Waals surface area contributed by atoms with Crippen molar-refractivity contribution in [3.8, 4) is 11.5 Å². The van der Waals surface area contributed by atoms with Gasteiger partial charge in [-0.1, -0.05) is 40.5 Å². The minimum atomic E-state index is -1.03. The lowest BCUT2D eigenvalue weighted by atomic mass is 10.0. The lowest BCUT2D eigenvalue weighted by Gasteiger charge is -2.19. The molecule has 1 aliphatic rings. The van der Waals surface area contributed by atoms with Gasteiger partial charge in [-0.25, -0.2) is 14.6 Å². The van der Waals surface area contributed by atoms with Crippen molar-refractivity contribution in [1.82, 2.24) is 10.2 Å². The highest BCUT2D eigenvalue weighted by atomic mass is 16.5. The molecule has 1 aliphatic heterocycles. The van der Waals surface area contributed by atoms with Crippen LogP contribution in [0.25, 0.3) is 0 Å². The number of carbonyl (C=O) groups excluding carboxylic acids is 4. The number of hydrogen-bond acceptors (Lipinski definition) is 6. The van der Waals surface area contributed by atoms with E-state index < -0.39 is 30.3 Å². The lowest BCUT2D eigenvalue weighted by molar-refractivity contribution is -0.140. The molecule has 1 fully saturated rings. The number of nitrogens with zero attached hydrogens (tertiary/aromatic N) is 2. The third-order valence-corrected chi connectivity index (χ3v) is 5.29. The molecule has 0 radical (unpaired) electrons. The van der Waals surface area contributed by atoms with E-state index in [1.165, 1.54) is 12.1 Å². The van der Waals surface area contributed by atoms with Gasteiger partial charge in [0.05, 0.1) is 18.9 Å². The quantitative estimate of drug-likeness (QED) is 0.323. The summed E-state index contributed by atoms with van der Waals surface area (Å²) in [6, 6.07) is 3.67. The molecule has 1 atom stereocenters. The van der Waals surface area contributed by atoms with E-state index in [4.69, 9.17) is 9.47 Å². The number of imide groups is 2. The number of ether oxygens (including phenoxy) is 2. The average molecular weight is 476 g/mol. The highest BCUT2D eigenvalue weighted by Crippen LogP contribution is 2.34. The second-order valence-corrected chi connectivity index (χ2v) is 8.94. The Balaban J connectivity index is 2.11. The maximum Gasteiger partial charge on any atom is 0.339 e. The molecule has 2 rings (SSSR count). The minimum absolute atomic E-state index is 0.0974. The number of benzene rings is 1. The van der Waals surface area contributed by atoms with Gasteiger partial charge in [0.1, 0.15) is 6.54 Å². The summed E-state index contributed by atoms with van der Waals surface area (Å²) in [6.45, 7) is 10.5. The van der Waals surface area contributed by atoms with Crippen LogP contribution >= 0.6 is 0 Å². The molecule has 9 heteroatoms. The normalized spacial score (nSPS) is 14.7. The molecule has 5 amide bonds. The van der Waals surface area contributed by atoms with Gasteiger partial charge >= 0.3 is 17.8 Å². The van der Waals surface area contributed by atoms with Crippen molar-refractivity contribution >= 4 is 29.4 Å². The van der Waals surface area contributed by atoms with Gasteiger partial charge in [-0.15, -0.1) is 0 Å². The summed E-state index contributed by atoms with van der Waals surface area (Å²) < 4.78 is 11.4. The first-order valence-electron chi connectivity index (χ1n) is 12.1. The summed E-state index contributed by atoms with van der Waals surface area (Å²) in [5.74, 6) is -1.07. The van der Waals surface area contributed by atoms with Crippen LogP contribution < -0.4 is 19.7 Å². The molecule has 0 saturated carbocycles. The predicted molar refractivity (Wildman–Crippen MR) is 129 cm³/mol. The molecule has 1 N–H and O–H groups in total. The number of nitrogens with one attached hydrogen (secondary N) is 1. The van der Waals surface area contributed by atoms with Crippen molar-refractivity contribution in [2.24, 2.45) is 5.92 Å². The zero-order valence-electron chi connectivity index (χ0n) is 20.9. The number of amides is 5. The lowest BCUT2D eigenvalue weighted by Crippen LogP contribution is -2.44. The number of urea groups is 1. The Labute approximate surface area is 201 Å². The smallest absolute Gasteiger partial charge is 0.339 e. The van der Waals surface area contributed by atoms with Crippen LogP contribution in [0.1, 0.15) is 66.7 Å². The largest absolute Gasteiger partial charge is 0.490 e. The van der Waals surface area contributed by atoms with Crippen LogP contribution in [0.2, 0.25) is 0 Å². The number of anilines is 1. The molecule has 1 aromatic carbocycles. The molecule has 1 aromatic rings. The molecule has 0 aromatic heterocycles. The standard InChI is InChI=1S/C25H37N3O6/c1-6-13-33-20-12-11-19(15-21(20)34-14-7-2)28-24(31)23(30)27(25(28)32)16-22(29)26-18(5)10-8-9-17(3)4/h11-12,15,17-18H,6-10,13-14,16H2,1-5H3,(H,26,29). The van der Waals surface area contributed by atoms with Gasteiger partial charge in [0.2, 0.25) is 5.91 Å². The third kappa shape index (κ3) is 7.20. The van der Waals surface area contributed by atoms with Crippen LogP contribution in [0.3, 0.4) is 0 Å². The fourth-order valence-corrected chi connectivity index (χ4v) is 3.53. The molecule has 0 bridgehead atoms. The summed E-state index contributed by atoms with van der Waals surface area (Å²) in [4.78, 5) is 52.0. The summed E-state index contributed by atoms with van der Waals surface area (Å²) in [6.07, 6.45) is 4.38. The topological polar surface area (TPSA) is 105 Å². The highest BCUT2D eigenvalue weighted by molar-refractivity contribution is 6.53. The third-order valence-electron chi connectivity index (χ3n) is 5.29. The Morgan fingerprint density at radius 3 is 2.21 bits per heavy atom. The van der Waals surface area contributed by atoms with Crippen LogP contribution in [0, 0.1) is 5.92 Å². The Morgan fingerprint density at radius 1 is 0.941 bits per heavy atom. The second-order valence-electron chi connectivity index (χ2n) is 8.94. The Morgan fingerprint density at radius 2 is 1.59 bits per heavy atom. The zero-order chi connectivity index (χ0) is 25.3. The molecule has 1 saturated heterocycles. The Bertz CT molecular complexity index is 885. The molecular weight excluding hydrogens is 438 g/mol. The van der Waals surface area contributed by atoms with Crippen LogP contribution in [-0.4, -0.2) is 54.5 Å². The van der Waals surface area contributed by atoms with E-state index in [-0.39, 0.29) is 11.7 Å². The van der Waals surface area contributed by atoms with E-state index in [2.05, 4.69) is 19.2 Å². The van der Waals surface area contributed by atoms with E-state index in [0.29, 0.717) is 35.5 Å². The first-order chi connectivity index (χ1) is 16.2. The van der Waals surface area contributed by atoms with Gasteiger partial charge < -0.3 is 14.8 Å². The number of hydrogen-bond donors (Lipinski definition) is 1. The van der Waals surface area contributed by atoms with Crippen LogP contribution in [-0.2, 0) is 14.4 Å². The second kappa shape index (κ2) is 13.0. The van der Waals surface area contributed by atoms with Crippen molar-refractivity contribution < 1.29 is 28.7 Å². The SMILES string of the molecule is CCCOc1ccc(N2C(=O)C(=O)N(CC(=O)NC(C)CCCC(C)C)C2=O)cc1OCCC. The zero-order valence-corrected chi connectivity index (χ0v) is 20.9. The van der Waals surface area contributed by atoms with E-state index >= 15 is 0 Å². The van der Waals surface area contributed by atoms with Crippen molar-refractivity contribution in [2.45, 2.75) is 72.8 Å². The molecule has 1 heterocycles. The Hall–Kier alpha value is -3.10. The van der Waals surface area contributed by atoms with Crippen molar-refractivity contribution in [1.29, 1.82) is 0 Å². The summed E-state index contributed by atoms with van der Waals surface area (Å²) in [5.41, 5.74) is 0.184. The molecule has 34 heavy (non-hydrogen) atoms. The molecule has 9 nitrogen and oxygen atoms in total. The highest BCUT2D eigenvalue weighted by Gasteiger charge is 2.46. The van der Waals surface area contributed by atoms with Crippen molar-refractivity contribution in [3.63, 3.8) is 0 Å². The molecular formula is C25H37N3O6. The molecule has 0 aliphatic carbocycles. The van der Waals surface area contributed by atoms with Crippen molar-refractivity contribution in [3.05, 3.63) is 18.2 Å². The molecule has 0 spiro atoms. The van der Waals surface area contributed by atoms with E-state index in [1.807, 2.05) is 20.8 Å². The number of carbonyl (C=O) groups is 4. The Kier molecular flexibility index (Phi) is 10.3. The average Bonchev–Trinajstić information content (AvgIpc) is 2.99. The summed E-state index contributed by atoms with van der Waals surface area (Å²) in [7, 11) is 0. The monoisotopic (exact) mass is 475 g/mol. The molecule has 1 unspecified atom stereocenters. The maximum absolute atomic E-state index is 12.9. The van der Waals surface area contributed by atoms with Gasteiger partial charge in [-0.2, -0.15) is 0 Å². The van der Waals surface area contributed by atoms with Crippen molar-refractivity contribution in [2.75, 3.05) is 24.7 Å². The van der Waals surface area contributed by atoms with E-state index in [0.717, 1.165) is 37.0 Å². The van der Waals surface area contributed by atoms with Crippen LogP contribution in [0.4, 0.5) is 10.5 Å². The molecule has 188 valence electrons. The van der Waals surface area contributed by atoms with E-state index in [9.17, 15) is 19.2 Å². The fraction of sp³-hybridized carbons (Fsp3) is 0.600. The number of rotatable bonds is 14. The van der Waals surface area contributed by atoms with Gasteiger partial charge in [0.25, 0.3) is 0 Å². The first-order valence-corrected chi connectivity index (χ1v) is 12.1. The first kappa shape index (κ1) is 27.1. The van der Waals surface area contributed by atoms with Gasteiger partial charge in [0.15, 0.2) is 11.5 Å². The predicted octanol–water partition coefficient (Wildman–Crippen LogP) is 3.89. The summed E-state index contributed by atoms with van der Waals surface area (Å²) in [5, 5.41) is 2.80. The van der Waals surface area contributed by atoms with Crippen LogP contribution in [0.5, 0.6) is 11.5 Å². The fourth-order valence-electron chi connectivity index (χ4n) is 3.53. The van der Waals surface area contributed by atoms with Gasteiger partial charge in [-0.05, 0) is 44.2 Å². The summed E-state index contributed by atoms with van der Waals surface area (Å²) >= 11 is 0. The minimum Gasteiger partial charge on any atom is -0.490 e. The van der Waals surface area contributed by atoms with Gasteiger partial charge in [-0.3, -0.25) is 14.4 Å². The van der Waals surface area contributed by atoms with E-state index in [1.54, 1.807) is 6.07 Å². The van der Waals surface area contributed by atoms with Crippen LogP contribution in [0.15, 0.2) is 18.2 Å². The van der Waals surface area contributed by atoms with Gasteiger partial charge in [0, 0.05) is 12.1 Å².